The molecule has 2 heterocycles. The third-order valence-electron chi connectivity index (χ3n) is 3.11. The number of imidazole rings is 1. The van der Waals surface area contributed by atoms with Gasteiger partial charge in [-0.25, -0.2) is 18.1 Å². The van der Waals surface area contributed by atoms with Gasteiger partial charge in [-0.1, -0.05) is 11.6 Å². The fourth-order valence-electron chi connectivity index (χ4n) is 2.16. The van der Waals surface area contributed by atoms with Gasteiger partial charge >= 0.3 is 0 Å². The zero-order chi connectivity index (χ0) is 14.9. The first kappa shape index (κ1) is 15.3. The highest BCUT2D eigenvalue weighted by molar-refractivity contribution is 7.89. The summed E-state index contributed by atoms with van der Waals surface area (Å²) in [4.78, 5) is 17.0. The summed E-state index contributed by atoms with van der Waals surface area (Å²) in [6, 6.07) is -0.403. The van der Waals surface area contributed by atoms with Gasteiger partial charge in [-0.15, -0.1) is 0 Å². The van der Waals surface area contributed by atoms with Crippen LogP contribution in [0.1, 0.15) is 19.8 Å². The molecule has 0 radical (unpaired) electrons. The predicted molar refractivity (Wildman–Crippen MR) is 73.8 cm³/mol. The van der Waals surface area contributed by atoms with Crippen LogP contribution in [0.25, 0.3) is 0 Å². The molecule has 112 valence electrons. The molecule has 1 unspecified atom stereocenters. The third kappa shape index (κ3) is 3.13. The zero-order valence-corrected chi connectivity index (χ0v) is 12.9. The lowest BCUT2D eigenvalue weighted by Gasteiger charge is -2.21. The standard InChI is InChI=1S/C11H17ClN4O3S/c1-8(6-16-5-3-4-9(16)17)14-20(18,19)11-10(12)15(2)7-13-11/h7-8,14H,3-6H2,1-2H3. The maximum Gasteiger partial charge on any atom is 0.261 e. The lowest BCUT2D eigenvalue weighted by molar-refractivity contribution is -0.127. The normalized spacial score (nSPS) is 17.8. The van der Waals surface area contributed by atoms with E-state index in [1.165, 1.54) is 10.9 Å². The summed E-state index contributed by atoms with van der Waals surface area (Å²) in [5, 5.41) is -0.136. The molecule has 7 nitrogen and oxygen atoms in total. The molecule has 9 heteroatoms. The molecule has 1 fully saturated rings. The first-order chi connectivity index (χ1) is 9.31. The Hall–Kier alpha value is -1.12. The van der Waals surface area contributed by atoms with Crippen molar-refractivity contribution in [3.63, 3.8) is 0 Å². The number of nitrogens with zero attached hydrogens (tertiary/aromatic N) is 3. The molecule has 1 saturated heterocycles. The Balaban J connectivity index is 2.04. The predicted octanol–water partition coefficient (Wildman–Crippen LogP) is 0.363. The van der Waals surface area contributed by atoms with Crippen molar-refractivity contribution in [2.75, 3.05) is 13.1 Å². The highest BCUT2D eigenvalue weighted by atomic mass is 35.5. The molecule has 1 aromatic rings. The lowest BCUT2D eigenvalue weighted by Crippen LogP contribution is -2.42. The van der Waals surface area contributed by atoms with Gasteiger partial charge < -0.3 is 9.47 Å². The van der Waals surface area contributed by atoms with Gasteiger partial charge in [0.25, 0.3) is 10.0 Å². The van der Waals surface area contributed by atoms with Crippen molar-refractivity contribution in [1.29, 1.82) is 0 Å². The topological polar surface area (TPSA) is 84.3 Å². The van der Waals surface area contributed by atoms with Crippen molar-refractivity contribution < 1.29 is 13.2 Å². The van der Waals surface area contributed by atoms with Gasteiger partial charge in [0.2, 0.25) is 10.9 Å². The highest BCUT2D eigenvalue weighted by Crippen LogP contribution is 2.19. The van der Waals surface area contributed by atoms with Crippen LogP contribution in [0.3, 0.4) is 0 Å². The van der Waals surface area contributed by atoms with Crippen LogP contribution >= 0.6 is 11.6 Å². The van der Waals surface area contributed by atoms with Crippen molar-refractivity contribution >= 4 is 27.5 Å². The van der Waals surface area contributed by atoms with Crippen molar-refractivity contribution in [3.05, 3.63) is 11.5 Å². The minimum absolute atomic E-state index is 0.0574. The number of sulfonamides is 1. The van der Waals surface area contributed by atoms with E-state index in [0.717, 1.165) is 6.42 Å². The molecule has 1 N–H and O–H groups in total. The number of nitrogens with one attached hydrogen (secondary N) is 1. The maximum atomic E-state index is 12.2. The van der Waals surface area contributed by atoms with Crippen LogP contribution in [-0.2, 0) is 21.9 Å². The Bertz CT molecular complexity index is 613. The van der Waals surface area contributed by atoms with Crippen molar-refractivity contribution in [3.8, 4) is 0 Å². The average Bonchev–Trinajstić information content (AvgIpc) is 2.87. The summed E-state index contributed by atoms with van der Waals surface area (Å²) in [5.74, 6) is 0.0620. The largest absolute Gasteiger partial charge is 0.341 e. The first-order valence-electron chi connectivity index (χ1n) is 6.28. The van der Waals surface area contributed by atoms with E-state index in [0.29, 0.717) is 19.5 Å². The number of carbonyl (C=O) groups is 1. The monoisotopic (exact) mass is 320 g/mol. The fraction of sp³-hybridized carbons (Fsp3) is 0.636. The lowest BCUT2D eigenvalue weighted by atomic mass is 10.3. The molecule has 2 rings (SSSR count). The Morgan fingerprint density at radius 1 is 1.55 bits per heavy atom. The molecule has 1 atom stereocenters. The first-order valence-corrected chi connectivity index (χ1v) is 8.14. The summed E-state index contributed by atoms with van der Waals surface area (Å²) < 4.78 is 28.2. The summed E-state index contributed by atoms with van der Waals surface area (Å²) in [5.41, 5.74) is 0. The minimum Gasteiger partial charge on any atom is -0.341 e. The van der Waals surface area contributed by atoms with Crippen LogP contribution in [0.2, 0.25) is 5.15 Å². The molecule has 1 aromatic heterocycles. The van der Waals surface area contributed by atoms with E-state index < -0.39 is 16.1 Å². The number of amides is 1. The van der Waals surface area contributed by atoms with E-state index in [9.17, 15) is 13.2 Å². The molecule has 1 aliphatic heterocycles. The molecule has 1 aliphatic rings. The van der Waals surface area contributed by atoms with Gasteiger partial charge in [0.05, 0.1) is 6.33 Å². The SMILES string of the molecule is CC(CN1CCCC1=O)NS(=O)(=O)c1ncn(C)c1Cl. The zero-order valence-electron chi connectivity index (χ0n) is 11.3. The van der Waals surface area contributed by atoms with Crippen LogP contribution in [0.5, 0.6) is 0 Å². The van der Waals surface area contributed by atoms with Crippen LogP contribution in [0, 0.1) is 0 Å². The number of rotatable bonds is 5. The van der Waals surface area contributed by atoms with E-state index in [-0.39, 0.29) is 16.1 Å². The van der Waals surface area contributed by atoms with E-state index in [1.54, 1.807) is 18.9 Å². The molecule has 0 saturated carbocycles. The average molecular weight is 321 g/mol. The second kappa shape index (κ2) is 5.71. The van der Waals surface area contributed by atoms with Crippen LogP contribution < -0.4 is 4.72 Å². The Kier molecular flexibility index (Phi) is 4.36. The van der Waals surface area contributed by atoms with Crippen LogP contribution in [0.4, 0.5) is 0 Å². The number of aryl methyl sites for hydroxylation is 1. The van der Waals surface area contributed by atoms with E-state index >= 15 is 0 Å². The highest BCUT2D eigenvalue weighted by Gasteiger charge is 2.27. The molecule has 20 heavy (non-hydrogen) atoms. The summed E-state index contributed by atoms with van der Waals surface area (Å²) in [6.45, 7) is 2.73. The Morgan fingerprint density at radius 3 is 2.75 bits per heavy atom. The smallest absolute Gasteiger partial charge is 0.261 e. The second-order valence-electron chi connectivity index (χ2n) is 4.92. The van der Waals surface area contributed by atoms with Gasteiger partial charge in [-0.3, -0.25) is 4.79 Å². The van der Waals surface area contributed by atoms with E-state index in [2.05, 4.69) is 9.71 Å². The molecule has 1 amide bonds. The number of likely N-dealkylation sites (tertiary alicyclic amines) is 1. The van der Waals surface area contributed by atoms with Crippen molar-refractivity contribution in [1.82, 2.24) is 19.2 Å². The minimum atomic E-state index is -3.78. The van der Waals surface area contributed by atoms with Crippen molar-refractivity contribution in [2.45, 2.75) is 30.8 Å². The molecule has 0 aliphatic carbocycles. The van der Waals surface area contributed by atoms with Gasteiger partial charge in [0, 0.05) is 32.6 Å². The molecule has 0 spiro atoms. The maximum absolute atomic E-state index is 12.2. The third-order valence-corrected chi connectivity index (χ3v) is 5.19. The van der Waals surface area contributed by atoms with E-state index in [1.807, 2.05) is 0 Å². The molecular weight excluding hydrogens is 304 g/mol. The van der Waals surface area contributed by atoms with Gasteiger partial charge in [0.1, 0.15) is 5.15 Å². The number of hydrogen-bond acceptors (Lipinski definition) is 4. The van der Waals surface area contributed by atoms with E-state index in [4.69, 9.17) is 11.6 Å². The number of hydrogen-bond donors (Lipinski definition) is 1. The number of carbonyl (C=O) groups excluding carboxylic acids is 1. The summed E-state index contributed by atoms with van der Waals surface area (Å²) in [7, 11) is -2.17. The van der Waals surface area contributed by atoms with Gasteiger partial charge in [-0.05, 0) is 13.3 Å². The van der Waals surface area contributed by atoms with Crippen molar-refractivity contribution in [2.24, 2.45) is 7.05 Å². The summed E-state index contributed by atoms with van der Waals surface area (Å²) in [6.07, 6.45) is 2.70. The van der Waals surface area contributed by atoms with Gasteiger partial charge in [0.15, 0.2) is 0 Å². The second-order valence-corrected chi connectivity index (χ2v) is 6.90. The quantitative estimate of drug-likeness (QED) is 0.849. The Labute approximate surface area is 123 Å². The number of aromatic nitrogens is 2. The van der Waals surface area contributed by atoms with Crippen LogP contribution in [-0.4, -0.2) is 47.9 Å². The molecule has 0 aromatic carbocycles. The summed E-state index contributed by atoms with van der Waals surface area (Å²) >= 11 is 5.89. The number of halogens is 1. The molecular formula is C11H17ClN4O3S. The van der Waals surface area contributed by atoms with Crippen LogP contribution in [0.15, 0.2) is 11.4 Å². The Morgan fingerprint density at radius 2 is 2.25 bits per heavy atom. The molecule has 0 bridgehead atoms. The fourth-order valence-corrected chi connectivity index (χ4v) is 3.82. The van der Waals surface area contributed by atoms with Gasteiger partial charge in [-0.2, -0.15) is 0 Å².